The largest absolute Gasteiger partial charge is 0.392 e. The zero-order valence-electron chi connectivity index (χ0n) is 11.9. The quantitative estimate of drug-likeness (QED) is 0.512. The predicted octanol–water partition coefficient (Wildman–Crippen LogP) is -1.20. The van der Waals surface area contributed by atoms with Crippen LogP contribution in [0.2, 0.25) is 0 Å². The summed E-state index contributed by atoms with van der Waals surface area (Å²) in [5.41, 5.74) is 0. The number of nitrogens with one attached hydrogen (secondary N) is 1. The van der Waals surface area contributed by atoms with Crippen LogP contribution in [-0.2, 0) is 4.79 Å². The van der Waals surface area contributed by atoms with Gasteiger partial charge >= 0.3 is 0 Å². The van der Waals surface area contributed by atoms with Crippen LogP contribution in [0.25, 0.3) is 0 Å². The van der Waals surface area contributed by atoms with Gasteiger partial charge in [-0.1, -0.05) is 0 Å². The van der Waals surface area contributed by atoms with E-state index in [1.54, 1.807) is 0 Å². The van der Waals surface area contributed by atoms with E-state index >= 15 is 0 Å². The molecular weight excluding hydrogens is 144 g/mol. The first-order valence-electron chi connectivity index (χ1n) is 6.29. The molecule has 11 heavy (non-hydrogen) atoms. The highest BCUT2D eigenvalue weighted by atomic mass is 16.3. The summed E-state index contributed by atoms with van der Waals surface area (Å²) in [5, 5.41) is 11.8. The molecule has 1 heterocycles. The van der Waals surface area contributed by atoms with E-state index in [4.69, 9.17) is 8.22 Å². The average molecular weight is 164 g/mol. The number of carbonyl (C=O) groups is 1. The van der Waals surface area contributed by atoms with Crippen LogP contribution in [0.3, 0.4) is 0 Å². The lowest BCUT2D eigenvalue weighted by atomic mass is 10.2. The molecule has 2 N–H and O–H groups in total. The van der Waals surface area contributed by atoms with Gasteiger partial charge in [-0.3, -0.25) is 4.79 Å². The molecule has 4 nitrogen and oxygen atoms in total. The Balaban J connectivity index is 2.89. The maximum Gasteiger partial charge on any atom is 0.239 e. The Labute approximate surface area is 74.6 Å². The lowest BCUT2D eigenvalue weighted by molar-refractivity contribution is -0.130. The minimum atomic E-state index is -3.03. The van der Waals surface area contributed by atoms with Gasteiger partial charge in [0.25, 0.3) is 0 Å². The summed E-state index contributed by atoms with van der Waals surface area (Å²) in [6.07, 6.45) is -0.749. The molecule has 0 unspecified atom stereocenters. The molecule has 0 saturated carbocycles. The van der Waals surface area contributed by atoms with Gasteiger partial charge in [0.05, 0.1) is 12.1 Å². The maximum absolute atomic E-state index is 11.8. The summed E-state index contributed by atoms with van der Waals surface area (Å²) < 4.78 is 42.5. The van der Waals surface area contributed by atoms with E-state index < -0.39 is 32.0 Å². The second-order valence-electron chi connectivity index (χ2n) is 2.52. The first-order chi connectivity index (χ1) is 7.53. The lowest BCUT2D eigenvalue weighted by Crippen LogP contribution is -2.39. The SMILES string of the molecule is [2H]C([2H])([2H])N(C(=O)[C@@H]1C[C@@H](O)CN1)C([2H])([2H])[2H]. The number of likely N-dealkylation sites (N-methyl/N-ethyl adjacent to an activating group) is 1. The zero-order chi connectivity index (χ0) is 13.4. The van der Waals surface area contributed by atoms with Crippen LogP contribution in [-0.4, -0.2) is 48.6 Å². The van der Waals surface area contributed by atoms with Crippen LogP contribution in [0.5, 0.6) is 0 Å². The Kier molecular flexibility index (Phi) is 0.990. The fourth-order valence-corrected chi connectivity index (χ4v) is 1.06. The van der Waals surface area contributed by atoms with E-state index in [2.05, 4.69) is 5.32 Å². The molecule has 4 heteroatoms. The first kappa shape index (κ1) is 3.41. The van der Waals surface area contributed by atoms with E-state index in [1.165, 1.54) is 0 Å². The van der Waals surface area contributed by atoms with Crippen molar-refractivity contribution < 1.29 is 18.1 Å². The molecular formula is C7H14N2O2. The van der Waals surface area contributed by atoms with Crippen molar-refractivity contribution in [3.8, 4) is 0 Å². The molecule has 2 atom stereocenters. The van der Waals surface area contributed by atoms with Gasteiger partial charge in [-0.25, -0.2) is 0 Å². The number of rotatable bonds is 1. The van der Waals surface area contributed by atoms with Crippen molar-refractivity contribution in [2.24, 2.45) is 0 Å². The number of amides is 1. The van der Waals surface area contributed by atoms with Crippen molar-refractivity contribution in [1.82, 2.24) is 10.2 Å². The molecule has 0 aromatic heterocycles. The standard InChI is InChI=1S/C7H14N2O2/c1-9(2)7(11)6-3-5(10)4-8-6/h5-6,8,10H,3-4H2,1-2H3/t5-,6+/m1/s1/i1D3,2D3. The molecule has 64 valence electrons. The number of carbonyl (C=O) groups excluding carboxylic acids is 1. The summed E-state index contributed by atoms with van der Waals surface area (Å²) >= 11 is 0. The summed E-state index contributed by atoms with van der Waals surface area (Å²) in [5.74, 6) is -1.04. The van der Waals surface area contributed by atoms with Crippen LogP contribution in [0, 0.1) is 0 Å². The highest BCUT2D eigenvalue weighted by molar-refractivity contribution is 5.81. The number of hydrogen-bond donors (Lipinski definition) is 2. The second-order valence-corrected chi connectivity index (χ2v) is 2.52. The molecule has 0 bridgehead atoms. The Bertz CT molecular complexity index is 288. The molecule has 1 rings (SSSR count). The van der Waals surface area contributed by atoms with Crippen molar-refractivity contribution >= 4 is 5.91 Å². The lowest BCUT2D eigenvalue weighted by Gasteiger charge is -2.15. The van der Waals surface area contributed by atoms with Gasteiger partial charge in [0.15, 0.2) is 0 Å². The molecule has 0 aromatic rings. The van der Waals surface area contributed by atoms with Gasteiger partial charge in [-0.2, -0.15) is 0 Å². The number of hydrogen-bond acceptors (Lipinski definition) is 3. The number of aliphatic hydroxyl groups is 1. The highest BCUT2D eigenvalue weighted by Gasteiger charge is 2.28. The van der Waals surface area contributed by atoms with Gasteiger partial charge in [0.1, 0.15) is 0 Å². The molecule has 1 fully saturated rings. The molecule has 0 spiro atoms. The molecule has 0 aromatic carbocycles. The Hall–Kier alpha value is -0.610. The third-order valence-corrected chi connectivity index (χ3v) is 1.63. The average Bonchev–Trinajstić information content (AvgIpc) is 2.45. The van der Waals surface area contributed by atoms with E-state index in [9.17, 15) is 9.90 Å². The predicted molar refractivity (Wildman–Crippen MR) is 41.1 cm³/mol. The van der Waals surface area contributed by atoms with Gasteiger partial charge in [-0.15, -0.1) is 0 Å². The van der Waals surface area contributed by atoms with Gasteiger partial charge < -0.3 is 15.3 Å². The molecule has 1 aliphatic heterocycles. The third kappa shape index (κ3) is 1.91. The van der Waals surface area contributed by atoms with Crippen molar-refractivity contribution in [1.29, 1.82) is 0 Å². The molecule has 0 radical (unpaired) electrons. The first-order valence-corrected chi connectivity index (χ1v) is 3.29. The fraction of sp³-hybridized carbons (Fsp3) is 0.857. The van der Waals surface area contributed by atoms with Crippen LogP contribution in [0.15, 0.2) is 0 Å². The smallest absolute Gasteiger partial charge is 0.239 e. The van der Waals surface area contributed by atoms with Crippen molar-refractivity contribution in [3.63, 3.8) is 0 Å². The molecule has 0 aliphatic carbocycles. The second kappa shape index (κ2) is 3.19. The number of aliphatic hydroxyl groups excluding tert-OH is 1. The van der Waals surface area contributed by atoms with E-state index in [1.807, 2.05) is 0 Å². The summed E-state index contributed by atoms with van der Waals surface area (Å²) in [6, 6.07) is -0.967. The van der Waals surface area contributed by atoms with Crippen LogP contribution in [0.1, 0.15) is 14.6 Å². The third-order valence-electron chi connectivity index (χ3n) is 1.63. The summed E-state index contributed by atoms with van der Waals surface area (Å²) in [6.45, 7) is -5.92. The van der Waals surface area contributed by atoms with Gasteiger partial charge in [0, 0.05) is 28.7 Å². The van der Waals surface area contributed by atoms with E-state index in [-0.39, 0.29) is 17.9 Å². The monoisotopic (exact) mass is 164 g/mol. The van der Waals surface area contributed by atoms with Crippen LogP contribution < -0.4 is 5.32 Å². The van der Waals surface area contributed by atoms with Crippen molar-refractivity contribution in [2.75, 3.05) is 20.5 Å². The van der Waals surface area contributed by atoms with Gasteiger partial charge in [-0.05, 0) is 6.42 Å². The van der Waals surface area contributed by atoms with Crippen LogP contribution >= 0.6 is 0 Å². The Morgan fingerprint density at radius 2 is 2.55 bits per heavy atom. The highest BCUT2D eigenvalue weighted by Crippen LogP contribution is 2.07. The molecule has 1 amide bonds. The summed E-state index contributed by atoms with van der Waals surface area (Å²) in [4.78, 5) is 11.7. The Morgan fingerprint density at radius 1 is 1.82 bits per heavy atom. The van der Waals surface area contributed by atoms with Crippen molar-refractivity contribution in [3.05, 3.63) is 0 Å². The number of β-amino-alcohol motifs (C(OH)–C–C–N with tert-alkyl or cyclic N) is 1. The van der Waals surface area contributed by atoms with Crippen molar-refractivity contribution in [2.45, 2.75) is 18.6 Å². The van der Waals surface area contributed by atoms with E-state index in [0.29, 0.717) is 0 Å². The topological polar surface area (TPSA) is 52.6 Å². The normalized spacial score (nSPS) is 40.8. The minimum Gasteiger partial charge on any atom is -0.392 e. The minimum absolute atomic E-state index is 0.0154. The Morgan fingerprint density at radius 3 is 3.00 bits per heavy atom. The van der Waals surface area contributed by atoms with E-state index in [0.717, 1.165) is 0 Å². The fourth-order valence-electron chi connectivity index (χ4n) is 1.06. The van der Waals surface area contributed by atoms with Gasteiger partial charge in [0.2, 0.25) is 5.91 Å². The number of nitrogens with zero attached hydrogens (tertiary/aromatic N) is 1. The van der Waals surface area contributed by atoms with Crippen LogP contribution in [0.4, 0.5) is 0 Å². The maximum atomic E-state index is 11.8. The summed E-state index contributed by atoms with van der Waals surface area (Å²) in [7, 11) is 0. The zero-order valence-corrected chi connectivity index (χ0v) is 5.87. The molecule has 1 aliphatic rings. The molecule has 1 saturated heterocycles.